The third-order valence-electron chi connectivity index (χ3n) is 3.53. The van der Waals surface area contributed by atoms with Crippen LogP contribution in [0.1, 0.15) is 28.1 Å². The van der Waals surface area contributed by atoms with Gasteiger partial charge in [-0.1, -0.05) is 30.3 Å². The first-order chi connectivity index (χ1) is 11.7. The monoisotopic (exact) mass is 328 g/mol. The topological polar surface area (TPSA) is 92.7 Å². The van der Waals surface area contributed by atoms with E-state index in [1.165, 1.54) is 11.8 Å². The number of benzene rings is 1. The molecule has 1 aromatic carbocycles. The highest BCUT2D eigenvalue weighted by atomic mass is 16.3. The van der Waals surface area contributed by atoms with Gasteiger partial charge in [0.05, 0.1) is 6.26 Å². The molecule has 0 aliphatic rings. The fourth-order valence-corrected chi connectivity index (χ4v) is 2.20. The van der Waals surface area contributed by atoms with Gasteiger partial charge in [0, 0.05) is 25.2 Å². The average Bonchev–Trinajstić information content (AvgIpc) is 3.01. The molecule has 6 nitrogen and oxygen atoms in total. The zero-order valence-electron chi connectivity index (χ0n) is 13.9. The zero-order valence-corrected chi connectivity index (χ0v) is 13.9. The molecule has 0 saturated heterocycles. The predicted molar refractivity (Wildman–Crippen MR) is 95.0 cm³/mol. The molecule has 0 aliphatic carbocycles. The number of guanidine groups is 1. The van der Waals surface area contributed by atoms with Gasteiger partial charge in [-0.2, -0.15) is 0 Å². The maximum Gasteiger partial charge on any atom is 0.287 e. The van der Waals surface area contributed by atoms with Gasteiger partial charge >= 0.3 is 0 Å². The molecule has 0 fully saturated rings. The average molecular weight is 328 g/mol. The normalized spacial score (nSPS) is 11.3. The molecule has 0 unspecified atom stereocenters. The number of rotatable bonds is 8. The van der Waals surface area contributed by atoms with Crippen molar-refractivity contribution in [3.05, 3.63) is 59.5 Å². The Morgan fingerprint density at radius 3 is 2.67 bits per heavy atom. The van der Waals surface area contributed by atoms with Crippen LogP contribution in [0.3, 0.4) is 0 Å². The second-order valence-electron chi connectivity index (χ2n) is 5.47. The smallest absolute Gasteiger partial charge is 0.287 e. The van der Waals surface area contributed by atoms with E-state index in [1.807, 2.05) is 25.1 Å². The number of nitrogens with two attached hydrogens (primary N) is 1. The Balaban J connectivity index is 1.58. The molecule has 4 N–H and O–H groups in total. The van der Waals surface area contributed by atoms with Crippen molar-refractivity contribution in [2.45, 2.75) is 19.8 Å². The number of hydrogen-bond donors (Lipinski definition) is 3. The van der Waals surface area contributed by atoms with E-state index in [-0.39, 0.29) is 5.91 Å². The number of furan rings is 1. The summed E-state index contributed by atoms with van der Waals surface area (Å²) >= 11 is 0. The lowest BCUT2D eigenvalue weighted by Gasteiger charge is -2.06. The van der Waals surface area contributed by atoms with E-state index < -0.39 is 0 Å². The van der Waals surface area contributed by atoms with Gasteiger partial charge in [-0.15, -0.1) is 0 Å². The number of amides is 1. The fraction of sp³-hybridized carbons (Fsp3) is 0.333. The molecule has 0 atom stereocenters. The van der Waals surface area contributed by atoms with Crippen LogP contribution in [0.25, 0.3) is 0 Å². The third kappa shape index (κ3) is 5.79. The molecule has 0 bridgehead atoms. The minimum absolute atomic E-state index is 0.199. The summed E-state index contributed by atoms with van der Waals surface area (Å²) in [7, 11) is 0. The highest BCUT2D eigenvalue weighted by Gasteiger charge is 2.11. The number of carbonyl (C=O) groups is 1. The Bertz CT molecular complexity index is 665. The molecule has 0 radical (unpaired) electrons. The Hall–Kier alpha value is -2.76. The van der Waals surface area contributed by atoms with Crippen LogP contribution >= 0.6 is 0 Å². The van der Waals surface area contributed by atoms with Crippen molar-refractivity contribution in [1.82, 2.24) is 10.6 Å². The SMILES string of the molecule is Cc1ccoc1C(=O)NCCCN=C(N)NCCc1ccccc1. The Kier molecular flexibility index (Phi) is 6.89. The minimum Gasteiger partial charge on any atom is -0.459 e. The van der Waals surface area contributed by atoms with Gasteiger partial charge in [-0.25, -0.2) is 0 Å². The maximum atomic E-state index is 11.8. The van der Waals surface area contributed by atoms with Gasteiger partial charge < -0.3 is 20.8 Å². The van der Waals surface area contributed by atoms with Crippen molar-refractivity contribution >= 4 is 11.9 Å². The van der Waals surface area contributed by atoms with E-state index in [1.54, 1.807) is 6.07 Å². The predicted octanol–water partition coefficient (Wildman–Crippen LogP) is 1.85. The van der Waals surface area contributed by atoms with Gasteiger partial charge in [0.25, 0.3) is 5.91 Å². The first-order valence-corrected chi connectivity index (χ1v) is 8.07. The Morgan fingerprint density at radius 2 is 1.96 bits per heavy atom. The molecule has 2 aromatic rings. The molecule has 1 heterocycles. The maximum absolute atomic E-state index is 11.8. The van der Waals surface area contributed by atoms with Crippen LogP contribution in [0.5, 0.6) is 0 Å². The quantitative estimate of drug-likeness (QED) is 0.392. The van der Waals surface area contributed by atoms with E-state index in [0.717, 1.165) is 18.5 Å². The first-order valence-electron chi connectivity index (χ1n) is 8.07. The van der Waals surface area contributed by atoms with Crippen molar-refractivity contribution in [1.29, 1.82) is 0 Å². The molecule has 1 amide bonds. The number of carbonyl (C=O) groups excluding carboxylic acids is 1. The molecule has 0 aliphatic heterocycles. The van der Waals surface area contributed by atoms with Gasteiger partial charge in [0.15, 0.2) is 11.7 Å². The summed E-state index contributed by atoms with van der Waals surface area (Å²) in [4.78, 5) is 16.1. The Morgan fingerprint density at radius 1 is 1.17 bits per heavy atom. The van der Waals surface area contributed by atoms with Gasteiger partial charge in [-0.05, 0) is 31.4 Å². The highest BCUT2D eigenvalue weighted by Crippen LogP contribution is 2.07. The molecular formula is C18H24N4O2. The van der Waals surface area contributed by atoms with Crippen LogP contribution in [0.15, 0.2) is 52.1 Å². The van der Waals surface area contributed by atoms with E-state index >= 15 is 0 Å². The van der Waals surface area contributed by atoms with Crippen LogP contribution in [0.4, 0.5) is 0 Å². The van der Waals surface area contributed by atoms with Crippen molar-refractivity contribution in [3.8, 4) is 0 Å². The summed E-state index contributed by atoms with van der Waals surface area (Å²) in [5.41, 5.74) is 7.90. The molecule has 6 heteroatoms. The number of hydrogen-bond acceptors (Lipinski definition) is 3. The highest BCUT2D eigenvalue weighted by molar-refractivity contribution is 5.92. The Labute approximate surface area is 142 Å². The summed E-state index contributed by atoms with van der Waals surface area (Å²) in [5.74, 6) is 0.593. The van der Waals surface area contributed by atoms with E-state index in [0.29, 0.717) is 31.2 Å². The van der Waals surface area contributed by atoms with Crippen LogP contribution < -0.4 is 16.4 Å². The summed E-state index contributed by atoms with van der Waals surface area (Å²) in [6, 6.07) is 12.0. The molecule has 0 spiro atoms. The number of nitrogens with one attached hydrogen (secondary N) is 2. The lowest BCUT2D eigenvalue weighted by atomic mass is 10.1. The molecule has 128 valence electrons. The largest absolute Gasteiger partial charge is 0.459 e. The summed E-state index contributed by atoms with van der Waals surface area (Å²) in [6.45, 7) is 3.67. The standard InChI is InChI=1S/C18H24N4O2/c1-14-9-13-24-16(14)17(23)20-10-5-11-21-18(19)22-12-8-15-6-3-2-4-7-15/h2-4,6-7,9,13H,5,8,10-12H2,1H3,(H,20,23)(H3,19,21,22). The number of aryl methyl sites for hydroxylation is 1. The molecule has 1 aromatic heterocycles. The molecule has 24 heavy (non-hydrogen) atoms. The second-order valence-corrected chi connectivity index (χ2v) is 5.47. The second kappa shape index (κ2) is 9.39. The van der Waals surface area contributed by atoms with Crippen LogP contribution in [0.2, 0.25) is 0 Å². The van der Waals surface area contributed by atoms with Gasteiger partial charge in [-0.3, -0.25) is 9.79 Å². The van der Waals surface area contributed by atoms with Gasteiger partial charge in [0.1, 0.15) is 0 Å². The molecule has 2 rings (SSSR count). The van der Waals surface area contributed by atoms with Crippen LogP contribution in [-0.4, -0.2) is 31.5 Å². The van der Waals surface area contributed by atoms with E-state index in [2.05, 4.69) is 27.8 Å². The first kappa shape index (κ1) is 17.6. The van der Waals surface area contributed by atoms with Crippen molar-refractivity contribution < 1.29 is 9.21 Å². The minimum atomic E-state index is -0.199. The summed E-state index contributed by atoms with van der Waals surface area (Å²) in [6.07, 6.45) is 3.12. The van der Waals surface area contributed by atoms with Crippen molar-refractivity contribution in [3.63, 3.8) is 0 Å². The third-order valence-corrected chi connectivity index (χ3v) is 3.53. The van der Waals surface area contributed by atoms with E-state index in [9.17, 15) is 4.79 Å². The lowest BCUT2D eigenvalue weighted by Crippen LogP contribution is -2.33. The van der Waals surface area contributed by atoms with Crippen LogP contribution in [0, 0.1) is 6.92 Å². The van der Waals surface area contributed by atoms with E-state index in [4.69, 9.17) is 10.2 Å². The zero-order chi connectivity index (χ0) is 17.2. The van der Waals surface area contributed by atoms with Crippen molar-refractivity contribution in [2.24, 2.45) is 10.7 Å². The fourth-order valence-electron chi connectivity index (χ4n) is 2.20. The summed E-state index contributed by atoms with van der Waals surface area (Å²) < 4.78 is 5.13. The summed E-state index contributed by atoms with van der Waals surface area (Å²) in [5, 5.41) is 5.89. The number of nitrogens with zero attached hydrogens (tertiary/aromatic N) is 1. The van der Waals surface area contributed by atoms with Crippen LogP contribution in [-0.2, 0) is 6.42 Å². The lowest BCUT2D eigenvalue weighted by molar-refractivity contribution is 0.0925. The number of aliphatic imine (C=N–C) groups is 1. The molecular weight excluding hydrogens is 304 g/mol. The van der Waals surface area contributed by atoms with Gasteiger partial charge in [0.2, 0.25) is 0 Å². The molecule has 0 saturated carbocycles. The van der Waals surface area contributed by atoms with Crippen molar-refractivity contribution in [2.75, 3.05) is 19.6 Å².